The lowest BCUT2D eigenvalue weighted by Gasteiger charge is -2.31. The van der Waals surface area contributed by atoms with Gasteiger partial charge in [-0.25, -0.2) is 4.79 Å². The first-order valence-electron chi connectivity index (χ1n) is 18.5. The highest BCUT2D eigenvalue weighted by Gasteiger charge is 2.31. The lowest BCUT2D eigenvalue weighted by atomic mass is 10.1. The zero-order chi connectivity index (χ0) is 36.4. The Balaban J connectivity index is 4.51. The molecule has 0 spiro atoms. The summed E-state index contributed by atoms with van der Waals surface area (Å²) >= 11 is 0. The second kappa shape index (κ2) is 32.0. The summed E-state index contributed by atoms with van der Waals surface area (Å²) < 4.78 is 17.0. The summed E-state index contributed by atoms with van der Waals surface area (Å²) in [5.74, 6) is -1.60. The molecule has 49 heavy (non-hydrogen) atoms. The summed E-state index contributed by atoms with van der Waals surface area (Å²) in [6, 6.07) is -0.627. The molecule has 1 N–H and O–H groups in total. The van der Waals surface area contributed by atoms with Crippen molar-refractivity contribution in [3.63, 3.8) is 0 Å². The normalized spacial score (nSPS) is 13.9. The van der Waals surface area contributed by atoms with E-state index in [1.165, 1.54) is 19.3 Å². The van der Waals surface area contributed by atoms with E-state index in [1.807, 2.05) is 33.3 Å². The van der Waals surface area contributed by atoms with Gasteiger partial charge in [-0.2, -0.15) is 0 Å². The maximum Gasteiger partial charge on any atom is 0.362 e. The van der Waals surface area contributed by atoms with Crippen molar-refractivity contribution in [2.24, 2.45) is 0 Å². The first-order valence-corrected chi connectivity index (χ1v) is 18.5. The summed E-state index contributed by atoms with van der Waals surface area (Å²) in [7, 11) is 5.47. The molecule has 0 aromatic carbocycles. The van der Waals surface area contributed by atoms with Gasteiger partial charge in [-0.05, 0) is 51.4 Å². The minimum Gasteiger partial charge on any atom is -0.477 e. The highest BCUT2D eigenvalue weighted by molar-refractivity contribution is 5.72. The van der Waals surface area contributed by atoms with Gasteiger partial charge >= 0.3 is 17.9 Å². The lowest BCUT2D eigenvalue weighted by molar-refractivity contribution is -0.887. The van der Waals surface area contributed by atoms with Gasteiger partial charge in [-0.15, -0.1) is 0 Å². The molecule has 8 heteroatoms. The Bertz CT molecular complexity index is 1030. The van der Waals surface area contributed by atoms with Gasteiger partial charge in [0.15, 0.2) is 12.1 Å². The quantitative estimate of drug-likeness (QED) is 0.0336. The number of quaternary nitrogens is 1. The molecule has 0 bridgehead atoms. The lowest BCUT2D eigenvalue weighted by Crippen LogP contribution is -2.50. The standard InChI is InChI=1S/C41H67NO7/c1-6-8-10-12-14-15-16-17-18-19-20-21-22-23-24-25-26-28-30-32-40(44)49-37(35-47-34-33-38(41(45)46)42(3,4)5)36-48-39(43)31-29-27-13-11-9-7-2/h8,10,14-15,17-18,20-21,23-24,26,28,37-38H,6-7,9,11-13,16,19,22,25,27,29-36H2,1-5H3/p+1/b10-8-,15-14-,18-17-,21-20-,24-23-,28-26-. The molecule has 0 fully saturated rings. The van der Waals surface area contributed by atoms with E-state index in [0.29, 0.717) is 19.3 Å². The minimum absolute atomic E-state index is 0.0272. The molecule has 278 valence electrons. The van der Waals surface area contributed by atoms with Crippen LogP contribution in [-0.4, -0.2) is 80.6 Å². The zero-order valence-corrected chi connectivity index (χ0v) is 31.4. The monoisotopic (exact) mass is 686 g/mol. The second-order valence-corrected chi connectivity index (χ2v) is 13.1. The Morgan fingerprint density at radius 2 is 1.14 bits per heavy atom. The molecule has 2 atom stereocenters. The molecule has 0 aromatic rings. The van der Waals surface area contributed by atoms with E-state index in [0.717, 1.165) is 57.8 Å². The van der Waals surface area contributed by atoms with Crippen molar-refractivity contribution >= 4 is 17.9 Å². The van der Waals surface area contributed by atoms with Gasteiger partial charge in [-0.3, -0.25) is 9.59 Å². The molecule has 0 amide bonds. The molecule has 0 radical (unpaired) electrons. The van der Waals surface area contributed by atoms with Crippen LogP contribution in [0.25, 0.3) is 0 Å². The number of carboxylic acids is 1. The largest absolute Gasteiger partial charge is 0.477 e. The molecule has 0 aliphatic carbocycles. The Labute approximate surface area is 298 Å². The zero-order valence-electron chi connectivity index (χ0n) is 31.4. The van der Waals surface area contributed by atoms with Gasteiger partial charge in [0.2, 0.25) is 0 Å². The summed E-state index contributed by atoms with van der Waals surface area (Å²) in [5.41, 5.74) is 0. The molecule has 0 saturated heterocycles. The summed E-state index contributed by atoms with van der Waals surface area (Å²) in [5, 5.41) is 9.55. The van der Waals surface area contributed by atoms with E-state index < -0.39 is 24.1 Å². The third kappa shape index (κ3) is 30.6. The van der Waals surface area contributed by atoms with E-state index in [1.54, 1.807) is 0 Å². The van der Waals surface area contributed by atoms with Crippen molar-refractivity contribution in [3.8, 4) is 0 Å². The molecule has 0 rings (SSSR count). The number of rotatable bonds is 31. The van der Waals surface area contributed by atoms with E-state index in [2.05, 4.69) is 74.6 Å². The molecule has 0 aliphatic heterocycles. The third-order valence-corrected chi connectivity index (χ3v) is 7.63. The van der Waals surface area contributed by atoms with Crippen molar-refractivity contribution in [2.75, 3.05) is 41.0 Å². The van der Waals surface area contributed by atoms with Crippen molar-refractivity contribution in [2.45, 2.75) is 129 Å². The fourth-order valence-electron chi connectivity index (χ4n) is 4.76. The van der Waals surface area contributed by atoms with Crippen LogP contribution in [0.3, 0.4) is 0 Å². The van der Waals surface area contributed by atoms with Crippen molar-refractivity contribution in [1.82, 2.24) is 0 Å². The van der Waals surface area contributed by atoms with Crippen LogP contribution in [-0.2, 0) is 28.6 Å². The molecule has 8 nitrogen and oxygen atoms in total. The maximum atomic E-state index is 12.6. The number of carboxylic acid groups (broad SMARTS) is 1. The number of likely N-dealkylation sites (N-methyl/N-ethyl adjacent to an activating group) is 1. The van der Waals surface area contributed by atoms with E-state index in [4.69, 9.17) is 14.2 Å². The number of carbonyl (C=O) groups excluding carboxylic acids is 2. The highest BCUT2D eigenvalue weighted by Crippen LogP contribution is 2.11. The predicted molar refractivity (Wildman–Crippen MR) is 201 cm³/mol. The van der Waals surface area contributed by atoms with Gasteiger partial charge in [0, 0.05) is 19.3 Å². The van der Waals surface area contributed by atoms with Crippen molar-refractivity contribution in [1.29, 1.82) is 0 Å². The molecule has 2 unspecified atom stereocenters. The minimum atomic E-state index is -0.892. The topological polar surface area (TPSA) is 99.1 Å². The first-order chi connectivity index (χ1) is 23.6. The third-order valence-electron chi connectivity index (χ3n) is 7.63. The fourth-order valence-corrected chi connectivity index (χ4v) is 4.76. The summed E-state index contributed by atoms with van der Waals surface area (Å²) in [4.78, 5) is 36.5. The molecule has 0 aromatic heterocycles. The van der Waals surface area contributed by atoms with Crippen molar-refractivity contribution in [3.05, 3.63) is 72.9 Å². The van der Waals surface area contributed by atoms with Crippen LogP contribution >= 0.6 is 0 Å². The average molecular weight is 687 g/mol. The Morgan fingerprint density at radius 3 is 1.65 bits per heavy atom. The number of esters is 2. The van der Waals surface area contributed by atoms with Gasteiger partial charge < -0.3 is 23.8 Å². The number of ether oxygens (including phenoxy) is 3. The van der Waals surface area contributed by atoms with Crippen molar-refractivity contribution < 1.29 is 38.2 Å². The number of hydrogen-bond donors (Lipinski definition) is 1. The second-order valence-electron chi connectivity index (χ2n) is 13.1. The van der Waals surface area contributed by atoms with Crippen LogP contribution in [0.1, 0.15) is 117 Å². The number of hydrogen-bond acceptors (Lipinski definition) is 6. The van der Waals surface area contributed by atoms with Crippen LogP contribution in [0.15, 0.2) is 72.9 Å². The SMILES string of the molecule is CC/C=C\C/C=C\C/C=C\C/C=C\C/C=C\C/C=C\CCC(=O)OC(COCCC(C(=O)O)[N+](C)(C)C)COC(=O)CCCCCCCC. The fraction of sp³-hybridized carbons (Fsp3) is 0.634. The Kier molecular flexibility index (Phi) is 29.9. The number of carbonyl (C=O) groups is 3. The molecule has 0 heterocycles. The van der Waals surface area contributed by atoms with Crippen LogP contribution < -0.4 is 0 Å². The smallest absolute Gasteiger partial charge is 0.362 e. The highest BCUT2D eigenvalue weighted by atomic mass is 16.6. The molecule has 0 saturated carbocycles. The molecular weight excluding hydrogens is 618 g/mol. The van der Waals surface area contributed by atoms with Gasteiger partial charge in [0.25, 0.3) is 0 Å². The number of allylic oxidation sites excluding steroid dienone is 12. The summed E-state index contributed by atoms with van der Waals surface area (Å²) in [6.07, 6.45) is 38.4. The van der Waals surface area contributed by atoms with E-state index >= 15 is 0 Å². The average Bonchev–Trinajstić information content (AvgIpc) is 3.05. The van der Waals surface area contributed by atoms with Crippen LogP contribution in [0.2, 0.25) is 0 Å². The van der Waals surface area contributed by atoms with Gasteiger partial charge in [-0.1, -0.05) is 119 Å². The maximum absolute atomic E-state index is 12.6. The number of aliphatic carboxylic acids is 1. The van der Waals surface area contributed by atoms with Gasteiger partial charge in [0.1, 0.15) is 6.61 Å². The molecule has 0 aliphatic rings. The van der Waals surface area contributed by atoms with Crippen LogP contribution in [0.5, 0.6) is 0 Å². The molecular formula is C41H68NO7+. The van der Waals surface area contributed by atoms with Gasteiger partial charge in [0.05, 0.1) is 34.4 Å². The van der Waals surface area contributed by atoms with E-state index in [-0.39, 0.29) is 36.7 Å². The first kappa shape index (κ1) is 45.8. The Morgan fingerprint density at radius 1 is 0.633 bits per heavy atom. The van der Waals surface area contributed by atoms with Crippen LogP contribution in [0.4, 0.5) is 0 Å². The van der Waals surface area contributed by atoms with E-state index in [9.17, 15) is 19.5 Å². The number of unbranched alkanes of at least 4 members (excludes halogenated alkanes) is 5. The summed E-state index contributed by atoms with van der Waals surface area (Å²) in [6.45, 7) is 4.44. The number of nitrogens with zero attached hydrogens (tertiary/aromatic N) is 1. The van der Waals surface area contributed by atoms with Crippen LogP contribution in [0, 0.1) is 0 Å². The predicted octanol–water partition coefficient (Wildman–Crippen LogP) is 9.24. The Hall–Kier alpha value is -3.23.